The first-order chi connectivity index (χ1) is 13.5. The predicted molar refractivity (Wildman–Crippen MR) is 109 cm³/mol. The number of ether oxygens (including phenoxy) is 1. The second-order valence-corrected chi connectivity index (χ2v) is 7.41. The van der Waals surface area contributed by atoms with E-state index in [0.29, 0.717) is 29.4 Å². The second kappa shape index (κ2) is 9.09. The lowest BCUT2D eigenvalue weighted by Gasteiger charge is -2.12. The number of hydrogen-bond acceptors (Lipinski definition) is 5. The van der Waals surface area contributed by atoms with Crippen LogP contribution in [0.3, 0.4) is 0 Å². The molecule has 0 bridgehead atoms. The summed E-state index contributed by atoms with van der Waals surface area (Å²) in [6, 6.07) is 8.14. The molecule has 0 aliphatic rings. The fraction of sp³-hybridized carbons (Fsp3) is 0.211. The third-order valence-electron chi connectivity index (χ3n) is 3.95. The molecule has 0 aliphatic carbocycles. The molecule has 0 fully saturated rings. The maximum atomic E-state index is 12.8. The predicted octanol–water partition coefficient (Wildman–Crippen LogP) is 3.29. The molecule has 0 saturated heterocycles. The van der Waals surface area contributed by atoms with Gasteiger partial charge in [-0.15, -0.1) is 0 Å². The molecule has 1 amide bonds. The minimum atomic E-state index is -0.338. The molecule has 0 saturated carbocycles. The van der Waals surface area contributed by atoms with Crippen LogP contribution >= 0.6 is 23.4 Å². The number of aromatic nitrogens is 3. The molecule has 3 rings (SSSR count). The Kier molecular flexibility index (Phi) is 6.56. The number of nitrogens with one attached hydrogen (secondary N) is 1. The van der Waals surface area contributed by atoms with Crippen LogP contribution in [-0.4, -0.2) is 33.7 Å². The molecule has 3 aromatic rings. The molecule has 0 unspecified atom stereocenters. The van der Waals surface area contributed by atoms with Crippen molar-refractivity contribution in [2.75, 3.05) is 19.0 Å². The number of rotatable bonds is 7. The zero-order chi connectivity index (χ0) is 20.1. The molecule has 146 valence electrons. The number of hydrogen-bond donors (Lipinski definition) is 1. The third-order valence-corrected chi connectivity index (χ3v) is 5.34. The number of methoxy groups -OCH3 is 1. The number of pyridine rings is 1. The highest BCUT2D eigenvalue weighted by Gasteiger charge is 2.13. The number of amides is 1. The van der Waals surface area contributed by atoms with Gasteiger partial charge < -0.3 is 19.2 Å². The average Bonchev–Trinajstić information content (AvgIpc) is 3.07. The molecular formula is C19H19ClN4O3S. The molecule has 28 heavy (non-hydrogen) atoms. The second-order valence-electron chi connectivity index (χ2n) is 5.96. The number of imidazole rings is 1. The van der Waals surface area contributed by atoms with Crippen LogP contribution in [0.2, 0.25) is 5.02 Å². The van der Waals surface area contributed by atoms with Gasteiger partial charge in [0, 0.05) is 55.3 Å². The SMILES string of the molecule is COCCn1cc(C(=O)Nc2cc(Cl)ccc2Sc2nccn2C)ccc1=O. The lowest BCUT2D eigenvalue weighted by atomic mass is 10.2. The molecule has 7 nitrogen and oxygen atoms in total. The van der Waals surface area contributed by atoms with Gasteiger partial charge >= 0.3 is 0 Å². The highest BCUT2D eigenvalue weighted by Crippen LogP contribution is 2.34. The van der Waals surface area contributed by atoms with Crippen molar-refractivity contribution in [2.45, 2.75) is 16.6 Å². The Morgan fingerprint density at radius 2 is 2.14 bits per heavy atom. The van der Waals surface area contributed by atoms with Gasteiger partial charge in [0.2, 0.25) is 0 Å². The van der Waals surface area contributed by atoms with E-state index in [0.717, 1.165) is 10.1 Å². The topological polar surface area (TPSA) is 78.2 Å². The summed E-state index contributed by atoms with van der Waals surface area (Å²) in [6.45, 7) is 0.748. The zero-order valence-electron chi connectivity index (χ0n) is 15.4. The van der Waals surface area contributed by atoms with E-state index in [9.17, 15) is 9.59 Å². The van der Waals surface area contributed by atoms with Gasteiger partial charge in [-0.1, -0.05) is 11.6 Å². The van der Waals surface area contributed by atoms with Crippen molar-refractivity contribution in [3.8, 4) is 0 Å². The van der Waals surface area contributed by atoms with Gasteiger partial charge in [-0.25, -0.2) is 4.98 Å². The van der Waals surface area contributed by atoms with Crippen LogP contribution in [0.1, 0.15) is 10.4 Å². The fourth-order valence-corrected chi connectivity index (χ4v) is 3.51. The van der Waals surface area contributed by atoms with E-state index in [1.54, 1.807) is 25.4 Å². The largest absolute Gasteiger partial charge is 0.383 e. The van der Waals surface area contributed by atoms with Crippen molar-refractivity contribution in [3.05, 3.63) is 69.9 Å². The van der Waals surface area contributed by atoms with Gasteiger partial charge in [-0.05, 0) is 36.0 Å². The van der Waals surface area contributed by atoms with E-state index >= 15 is 0 Å². The molecule has 2 aromatic heterocycles. The summed E-state index contributed by atoms with van der Waals surface area (Å²) >= 11 is 7.54. The Morgan fingerprint density at radius 3 is 2.86 bits per heavy atom. The summed E-state index contributed by atoms with van der Waals surface area (Å²) in [5.41, 5.74) is 0.742. The van der Waals surface area contributed by atoms with Crippen molar-refractivity contribution >= 4 is 35.0 Å². The highest BCUT2D eigenvalue weighted by atomic mass is 35.5. The average molecular weight is 419 g/mol. The van der Waals surface area contributed by atoms with E-state index in [1.807, 2.05) is 23.9 Å². The van der Waals surface area contributed by atoms with Crippen molar-refractivity contribution in [2.24, 2.45) is 7.05 Å². The Balaban J connectivity index is 1.85. The highest BCUT2D eigenvalue weighted by molar-refractivity contribution is 7.99. The van der Waals surface area contributed by atoms with Crippen molar-refractivity contribution < 1.29 is 9.53 Å². The number of halogens is 1. The Morgan fingerprint density at radius 1 is 1.32 bits per heavy atom. The molecule has 2 heterocycles. The normalized spacial score (nSPS) is 10.8. The maximum absolute atomic E-state index is 12.8. The molecule has 0 spiro atoms. The van der Waals surface area contributed by atoms with E-state index in [-0.39, 0.29) is 11.5 Å². The molecule has 0 aliphatic heterocycles. The number of carbonyl (C=O) groups is 1. The first-order valence-corrected chi connectivity index (χ1v) is 9.63. The van der Waals surface area contributed by atoms with E-state index in [4.69, 9.17) is 16.3 Å². The molecule has 9 heteroatoms. The van der Waals surface area contributed by atoms with Gasteiger partial charge in [0.05, 0.1) is 17.9 Å². The van der Waals surface area contributed by atoms with E-state index < -0.39 is 0 Å². The fourth-order valence-electron chi connectivity index (χ4n) is 2.46. The zero-order valence-corrected chi connectivity index (χ0v) is 17.0. The lowest BCUT2D eigenvalue weighted by molar-refractivity contribution is 0.102. The van der Waals surface area contributed by atoms with Crippen LogP contribution in [0, 0.1) is 0 Å². The van der Waals surface area contributed by atoms with Crippen LogP contribution in [0.4, 0.5) is 5.69 Å². The first kappa shape index (κ1) is 20.2. The van der Waals surface area contributed by atoms with Crippen molar-refractivity contribution in [3.63, 3.8) is 0 Å². The molecule has 0 radical (unpaired) electrons. The Hall–Kier alpha value is -2.55. The van der Waals surface area contributed by atoms with Gasteiger partial charge in [-0.2, -0.15) is 0 Å². The number of aryl methyl sites for hydroxylation is 1. The molecule has 1 aromatic carbocycles. The van der Waals surface area contributed by atoms with Crippen LogP contribution in [0.25, 0.3) is 0 Å². The Bertz CT molecular complexity index is 1050. The van der Waals surface area contributed by atoms with Crippen molar-refractivity contribution in [1.82, 2.24) is 14.1 Å². The number of nitrogens with zero attached hydrogens (tertiary/aromatic N) is 3. The van der Waals surface area contributed by atoms with Gasteiger partial charge in [0.25, 0.3) is 11.5 Å². The van der Waals surface area contributed by atoms with Crippen LogP contribution in [0.5, 0.6) is 0 Å². The Labute approximate surface area is 171 Å². The van der Waals surface area contributed by atoms with Gasteiger partial charge in [-0.3, -0.25) is 9.59 Å². The summed E-state index contributed by atoms with van der Waals surface area (Å²) in [5.74, 6) is -0.338. The molecule has 0 atom stereocenters. The van der Waals surface area contributed by atoms with Gasteiger partial charge in [0.15, 0.2) is 5.16 Å². The van der Waals surface area contributed by atoms with Crippen LogP contribution in [-0.2, 0) is 18.3 Å². The summed E-state index contributed by atoms with van der Waals surface area (Å²) in [5, 5.41) is 4.16. The van der Waals surface area contributed by atoms with E-state index in [2.05, 4.69) is 10.3 Å². The summed E-state index contributed by atoms with van der Waals surface area (Å²) in [4.78, 5) is 29.8. The molecule has 1 N–H and O–H groups in total. The number of anilines is 1. The molecular weight excluding hydrogens is 400 g/mol. The number of carbonyl (C=O) groups excluding carboxylic acids is 1. The maximum Gasteiger partial charge on any atom is 0.257 e. The standard InChI is InChI=1S/C19H19ClN4O3S/c1-23-8-7-21-19(23)28-16-5-4-14(20)11-15(16)22-18(26)13-3-6-17(25)24(12-13)9-10-27-2/h3-8,11-12H,9-10H2,1-2H3,(H,22,26). The monoisotopic (exact) mass is 418 g/mol. The third kappa shape index (κ3) is 4.83. The van der Waals surface area contributed by atoms with E-state index in [1.165, 1.54) is 34.7 Å². The summed E-state index contributed by atoms with van der Waals surface area (Å²) < 4.78 is 8.33. The van der Waals surface area contributed by atoms with Crippen LogP contribution < -0.4 is 10.9 Å². The smallest absolute Gasteiger partial charge is 0.257 e. The minimum Gasteiger partial charge on any atom is -0.383 e. The summed E-state index contributed by atoms with van der Waals surface area (Å²) in [7, 11) is 3.45. The van der Waals surface area contributed by atoms with Crippen molar-refractivity contribution in [1.29, 1.82) is 0 Å². The minimum absolute atomic E-state index is 0.192. The summed E-state index contributed by atoms with van der Waals surface area (Å²) in [6.07, 6.45) is 5.08. The quantitative estimate of drug-likeness (QED) is 0.637. The lowest BCUT2D eigenvalue weighted by Crippen LogP contribution is -2.23. The van der Waals surface area contributed by atoms with Crippen LogP contribution in [0.15, 0.2) is 63.8 Å². The number of benzene rings is 1. The van der Waals surface area contributed by atoms with Gasteiger partial charge in [0.1, 0.15) is 0 Å². The first-order valence-electron chi connectivity index (χ1n) is 8.43.